The third-order valence-corrected chi connectivity index (χ3v) is 5.21. The number of amides is 1. The van der Waals surface area contributed by atoms with Gasteiger partial charge in [0.15, 0.2) is 12.4 Å². The minimum Gasteiger partial charge on any atom is -0.456 e. The first kappa shape index (κ1) is 22.5. The summed E-state index contributed by atoms with van der Waals surface area (Å²) in [4.78, 5) is 41.3. The molecule has 1 amide bonds. The number of benzene rings is 2. The van der Waals surface area contributed by atoms with E-state index in [1.807, 2.05) is 18.4 Å². The summed E-state index contributed by atoms with van der Waals surface area (Å²) >= 11 is 7.59. The molecule has 3 rings (SSSR count). The van der Waals surface area contributed by atoms with Crippen LogP contribution >= 0.6 is 23.4 Å². The maximum atomic E-state index is 12.2. The molecule has 0 aliphatic carbocycles. The number of ketones is 1. The van der Waals surface area contributed by atoms with Crippen LogP contribution in [0.1, 0.15) is 23.2 Å². The average molecular weight is 459 g/mol. The molecule has 0 fully saturated rings. The lowest BCUT2D eigenvalue weighted by Gasteiger charge is -2.11. The SMILES string of the molecule is CSc1ccc(C(=O)CCC(=O)OCC(=O)Nc2cc(Cl)ccc2-n2cncn2)cc1. The van der Waals surface area contributed by atoms with Crippen LogP contribution in [0.3, 0.4) is 0 Å². The second-order valence-electron chi connectivity index (χ2n) is 6.36. The van der Waals surface area contributed by atoms with Gasteiger partial charge in [0, 0.05) is 21.9 Å². The van der Waals surface area contributed by atoms with Crippen LogP contribution in [-0.2, 0) is 14.3 Å². The molecule has 0 radical (unpaired) electrons. The normalized spacial score (nSPS) is 10.5. The van der Waals surface area contributed by atoms with Crippen molar-refractivity contribution in [3.63, 3.8) is 0 Å². The van der Waals surface area contributed by atoms with Crippen LogP contribution in [0.2, 0.25) is 5.02 Å². The summed E-state index contributed by atoms with van der Waals surface area (Å²) in [5.74, 6) is -1.34. The second kappa shape index (κ2) is 10.7. The number of carbonyl (C=O) groups excluding carboxylic acids is 3. The van der Waals surface area contributed by atoms with Gasteiger partial charge in [0.25, 0.3) is 5.91 Å². The fourth-order valence-electron chi connectivity index (χ4n) is 2.68. The number of hydrogen-bond acceptors (Lipinski definition) is 7. The van der Waals surface area contributed by atoms with E-state index in [9.17, 15) is 14.4 Å². The first-order chi connectivity index (χ1) is 15.0. The highest BCUT2D eigenvalue weighted by Gasteiger charge is 2.14. The summed E-state index contributed by atoms with van der Waals surface area (Å²) in [6.07, 6.45) is 4.68. The highest BCUT2D eigenvalue weighted by molar-refractivity contribution is 7.98. The molecule has 0 spiro atoms. The number of carbonyl (C=O) groups is 3. The van der Waals surface area contributed by atoms with Crippen molar-refractivity contribution in [2.24, 2.45) is 0 Å². The van der Waals surface area contributed by atoms with Crippen molar-refractivity contribution in [2.45, 2.75) is 17.7 Å². The van der Waals surface area contributed by atoms with Gasteiger partial charge < -0.3 is 10.1 Å². The molecule has 0 unspecified atom stereocenters. The molecule has 0 saturated heterocycles. The number of Topliss-reactive ketones (excluding diaryl/α,β-unsaturated/α-hetero) is 1. The molecule has 2 aromatic carbocycles. The van der Waals surface area contributed by atoms with Gasteiger partial charge in [-0.2, -0.15) is 5.10 Å². The van der Waals surface area contributed by atoms with Gasteiger partial charge in [0.05, 0.1) is 17.8 Å². The van der Waals surface area contributed by atoms with E-state index in [4.69, 9.17) is 16.3 Å². The Balaban J connectivity index is 1.49. The van der Waals surface area contributed by atoms with Gasteiger partial charge in [-0.15, -0.1) is 11.8 Å². The average Bonchev–Trinajstić information content (AvgIpc) is 3.31. The Kier molecular flexibility index (Phi) is 7.80. The number of esters is 1. The zero-order valence-corrected chi connectivity index (χ0v) is 18.2. The summed E-state index contributed by atoms with van der Waals surface area (Å²) in [7, 11) is 0. The summed E-state index contributed by atoms with van der Waals surface area (Å²) in [6.45, 7) is -0.487. The maximum absolute atomic E-state index is 12.2. The molecule has 31 heavy (non-hydrogen) atoms. The summed E-state index contributed by atoms with van der Waals surface area (Å²) in [6, 6.07) is 12.0. The Hall–Kier alpha value is -3.17. The standard InChI is InChI=1S/C21H19ClN4O4S/c1-31-16-5-2-14(3-6-16)19(27)8-9-21(29)30-11-20(28)25-17-10-15(22)4-7-18(17)26-13-23-12-24-26/h2-7,10,12-13H,8-9,11H2,1H3,(H,25,28). The van der Waals surface area contributed by atoms with E-state index in [-0.39, 0.29) is 18.6 Å². The monoisotopic (exact) mass is 458 g/mol. The van der Waals surface area contributed by atoms with Crippen LogP contribution in [0.25, 0.3) is 5.69 Å². The van der Waals surface area contributed by atoms with Crippen molar-refractivity contribution in [2.75, 3.05) is 18.2 Å². The smallest absolute Gasteiger partial charge is 0.306 e. The lowest BCUT2D eigenvalue weighted by Crippen LogP contribution is -2.22. The summed E-state index contributed by atoms with van der Waals surface area (Å²) < 4.78 is 6.45. The largest absolute Gasteiger partial charge is 0.456 e. The molecule has 0 atom stereocenters. The van der Waals surface area contributed by atoms with Gasteiger partial charge in [-0.3, -0.25) is 14.4 Å². The molecule has 10 heteroatoms. The topological polar surface area (TPSA) is 103 Å². The molecule has 8 nitrogen and oxygen atoms in total. The van der Waals surface area contributed by atoms with Crippen molar-refractivity contribution >= 4 is 46.7 Å². The van der Waals surface area contributed by atoms with Crippen LogP contribution in [0.4, 0.5) is 5.69 Å². The molecule has 160 valence electrons. The fourth-order valence-corrected chi connectivity index (χ4v) is 3.26. The number of hydrogen-bond donors (Lipinski definition) is 1. The first-order valence-electron chi connectivity index (χ1n) is 9.23. The lowest BCUT2D eigenvalue weighted by atomic mass is 10.1. The van der Waals surface area contributed by atoms with Crippen molar-refractivity contribution in [1.82, 2.24) is 14.8 Å². The third-order valence-electron chi connectivity index (χ3n) is 4.23. The van der Waals surface area contributed by atoms with Crippen molar-refractivity contribution in [3.05, 3.63) is 65.7 Å². The highest BCUT2D eigenvalue weighted by Crippen LogP contribution is 2.24. The molecule has 1 N–H and O–H groups in total. The lowest BCUT2D eigenvalue weighted by molar-refractivity contribution is -0.147. The third kappa shape index (κ3) is 6.40. The minimum atomic E-state index is -0.633. The van der Waals surface area contributed by atoms with Crippen molar-refractivity contribution in [3.8, 4) is 5.69 Å². The van der Waals surface area contributed by atoms with E-state index in [1.54, 1.807) is 42.1 Å². The van der Waals surface area contributed by atoms with E-state index in [1.165, 1.54) is 17.3 Å². The second-order valence-corrected chi connectivity index (χ2v) is 7.68. The summed E-state index contributed by atoms with van der Waals surface area (Å²) in [5, 5.41) is 7.08. The van der Waals surface area contributed by atoms with Crippen molar-refractivity contribution < 1.29 is 19.1 Å². The first-order valence-corrected chi connectivity index (χ1v) is 10.8. The number of nitrogens with one attached hydrogen (secondary N) is 1. The molecule has 0 saturated carbocycles. The molecule has 0 aliphatic heterocycles. The zero-order chi connectivity index (χ0) is 22.2. The van der Waals surface area contributed by atoms with Crippen LogP contribution in [-0.4, -0.2) is 45.3 Å². The maximum Gasteiger partial charge on any atom is 0.306 e. The van der Waals surface area contributed by atoms with E-state index < -0.39 is 18.5 Å². The molecule has 1 aromatic heterocycles. The highest BCUT2D eigenvalue weighted by atomic mass is 35.5. The van der Waals surface area contributed by atoms with E-state index in [0.717, 1.165) is 4.90 Å². The van der Waals surface area contributed by atoms with Crippen molar-refractivity contribution in [1.29, 1.82) is 0 Å². The molecular weight excluding hydrogens is 440 g/mol. The molecule has 0 aliphatic rings. The Morgan fingerprint density at radius 1 is 1.13 bits per heavy atom. The van der Waals surface area contributed by atoms with Crippen LogP contribution in [0.5, 0.6) is 0 Å². The number of thioether (sulfide) groups is 1. The van der Waals surface area contributed by atoms with Crippen LogP contribution < -0.4 is 5.32 Å². The molecule has 0 bridgehead atoms. The number of nitrogens with zero attached hydrogens (tertiary/aromatic N) is 3. The number of halogens is 1. The predicted octanol–water partition coefficient (Wildman–Crippen LogP) is 3.79. The minimum absolute atomic E-state index is 0.00378. The molecule has 3 aromatic rings. The van der Waals surface area contributed by atoms with Gasteiger partial charge >= 0.3 is 5.97 Å². The summed E-state index contributed by atoms with van der Waals surface area (Å²) in [5.41, 5.74) is 1.48. The van der Waals surface area contributed by atoms with E-state index in [2.05, 4.69) is 15.4 Å². The zero-order valence-electron chi connectivity index (χ0n) is 16.6. The Labute approximate surface area is 188 Å². The van der Waals surface area contributed by atoms with Gasteiger partial charge in [0.1, 0.15) is 12.7 Å². The number of ether oxygens (including phenoxy) is 1. The van der Waals surface area contributed by atoms with E-state index >= 15 is 0 Å². The Morgan fingerprint density at radius 3 is 2.58 bits per heavy atom. The van der Waals surface area contributed by atoms with Crippen LogP contribution in [0, 0.1) is 0 Å². The van der Waals surface area contributed by atoms with Gasteiger partial charge in [-0.25, -0.2) is 9.67 Å². The van der Waals surface area contributed by atoms with Crippen LogP contribution in [0.15, 0.2) is 60.0 Å². The molecular formula is C21H19ClN4O4S. The Morgan fingerprint density at radius 2 is 1.90 bits per heavy atom. The van der Waals surface area contributed by atoms with Gasteiger partial charge in [0.2, 0.25) is 0 Å². The number of aromatic nitrogens is 3. The number of rotatable bonds is 9. The molecule has 1 heterocycles. The van der Waals surface area contributed by atoms with Gasteiger partial charge in [-0.1, -0.05) is 23.7 Å². The quantitative estimate of drug-likeness (QED) is 0.295. The fraction of sp³-hybridized carbons (Fsp3) is 0.190. The van der Waals surface area contributed by atoms with Gasteiger partial charge in [-0.05, 0) is 36.6 Å². The van der Waals surface area contributed by atoms with E-state index in [0.29, 0.717) is 22.0 Å². The number of anilines is 1. The Bertz CT molecular complexity index is 1070. The predicted molar refractivity (Wildman–Crippen MR) is 118 cm³/mol.